The van der Waals surface area contributed by atoms with Gasteiger partial charge in [0.1, 0.15) is 11.5 Å². The smallest absolute Gasteiger partial charge is 0.230 e. The maximum absolute atomic E-state index is 12.0. The first-order valence-electron chi connectivity index (χ1n) is 9.13. The quantitative estimate of drug-likeness (QED) is 0.554. The van der Waals surface area contributed by atoms with Crippen LogP contribution in [-0.4, -0.2) is 26.4 Å². The van der Waals surface area contributed by atoms with E-state index in [9.17, 15) is 4.79 Å². The van der Waals surface area contributed by atoms with Crippen molar-refractivity contribution in [3.05, 3.63) is 59.8 Å². The van der Waals surface area contributed by atoms with E-state index in [4.69, 9.17) is 9.15 Å². The molecule has 8 heteroatoms. The van der Waals surface area contributed by atoms with E-state index in [0.29, 0.717) is 17.5 Å². The first-order valence-corrected chi connectivity index (χ1v) is 10.1. The number of rotatable bonds is 9. The molecule has 1 atom stereocenters. The molecular formula is C20H24N4O3S. The number of amides is 1. The monoisotopic (exact) mass is 400 g/mol. The Bertz CT molecular complexity index is 891. The summed E-state index contributed by atoms with van der Waals surface area (Å²) in [5.74, 6) is 2.38. The zero-order valence-electron chi connectivity index (χ0n) is 16.2. The van der Waals surface area contributed by atoms with Crippen LogP contribution in [-0.2, 0) is 24.8 Å². The first-order chi connectivity index (χ1) is 13.6. The van der Waals surface area contributed by atoms with Crippen molar-refractivity contribution in [2.24, 2.45) is 7.05 Å². The summed E-state index contributed by atoms with van der Waals surface area (Å²) in [6, 6.07) is 11.6. The second-order valence-corrected chi connectivity index (χ2v) is 7.24. The minimum atomic E-state index is -0.257. The number of thioether (sulfide) groups is 1. The molecule has 7 nitrogen and oxygen atoms in total. The molecule has 1 unspecified atom stereocenters. The fourth-order valence-corrected chi connectivity index (χ4v) is 3.39. The predicted molar refractivity (Wildman–Crippen MR) is 107 cm³/mol. The zero-order valence-corrected chi connectivity index (χ0v) is 17.0. The van der Waals surface area contributed by atoms with E-state index in [1.54, 1.807) is 12.3 Å². The van der Waals surface area contributed by atoms with Gasteiger partial charge < -0.3 is 19.0 Å². The van der Waals surface area contributed by atoms with Crippen LogP contribution in [0.1, 0.15) is 37.1 Å². The number of ether oxygens (including phenoxy) is 1. The van der Waals surface area contributed by atoms with Crippen LogP contribution in [0.4, 0.5) is 0 Å². The van der Waals surface area contributed by atoms with E-state index in [-0.39, 0.29) is 17.8 Å². The molecular weight excluding hydrogens is 376 g/mol. The third-order valence-electron chi connectivity index (χ3n) is 4.25. The van der Waals surface area contributed by atoms with Crippen LogP contribution in [0, 0.1) is 0 Å². The summed E-state index contributed by atoms with van der Waals surface area (Å²) in [6.07, 6.45) is 2.32. The number of nitrogens with one attached hydrogen (secondary N) is 1. The van der Waals surface area contributed by atoms with E-state index in [2.05, 4.69) is 34.6 Å². The van der Waals surface area contributed by atoms with Gasteiger partial charge in [-0.15, -0.1) is 10.2 Å². The van der Waals surface area contributed by atoms with Gasteiger partial charge in [0, 0.05) is 7.05 Å². The molecule has 1 N–H and O–H groups in total. The normalized spacial score (nSPS) is 12.0. The molecule has 0 radical (unpaired) electrons. The van der Waals surface area contributed by atoms with Crippen molar-refractivity contribution in [2.75, 3.05) is 5.75 Å². The predicted octanol–water partition coefficient (Wildman–Crippen LogP) is 3.52. The van der Waals surface area contributed by atoms with E-state index < -0.39 is 0 Å². The molecule has 0 spiro atoms. The molecule has 0 fully saturated rings. The number of benzene rings is 1. The van der Waals surface area contributed by atoms with Gasteiger partial charge in [-0.3, -0.25) is 4.79 Å². The number of aryl methyl sites for hydroxylation is 1. The number of aromatic nitrogens is 3. The van der Waals surface area contributed by atoms with Gasteiger partial charge in [-0.1, -0.05) is 30.8 Å². The molecule has 3 rings (SSSR count). The lowest BCUT2D eigenvalue weighted by molar-refractivity contribution is -0.118. The molecule has 28 heavy (non-hydrogen) atoms. The summed E-state index contributed by atoms with van der Waals surface area (Å²) in [4.78, 5) is 12.0. The van der Waals surface area contributed by atoms with Gasteiger partial charge in [-0.25, -0.2) is 0 Å². The van der Waals surface area contributed by atoms with Crippen molar-refractivity contribution in [1.82, 2.24) is 20.1 Å². The number of carbonyl (C=O) groups is 1. The Morgan fingerprint density at radius 3 is 2.75 bits per heavy atom. The van der Waals surface area contributed by atoms with Gasteiger partial charge in [-0.05, 0) is 43.2 Å². The molecule has 0 aliphatic carbocycles. The highest BCUT2D eigenvalue weighted by Crippen LogP contribution is 2.24. The van der Waals surface area contributed by atoms with Crippen LogP contribution in [0.5, 0.6) is 5.75 Å². The van der Waals surface area contributed by atoms with Crippen molar-refractivity contribution in [3.63, 3.8) is 0 Å². The Morgan fingerprint density at radius 2 is 2.07 bits per heavy atom. The van der Waals surface area contributed by atoms with Crippen LogP contribution in [0.3, 0.4) is 0 Å². The zero-order chi connectivity index (χ0) is 19.9. The molecule has 0 aliphatic rings. The fraction of sp³-hybridized carbons (Fsp3) is 0.350. The van der Waals surface area contributed by atoms with Gasteiger partial charge >= 0.3 is 0 Å². The fourth-order valence-electron chi connectivity index (χ4n) is 2.65. The van der Waals surface area contributed by atoms with E-state index >= 15 is 0 Å². The largest absolute Gasteiger partial charge is 0.483 e. The Balaban J connectivity index is 1.52. The topological polar surface area (TPSA) is 82.2 Å². The molecule has 2 heterocycles. The number of carbonyl (C=O) groups excluding carboxylic acids is 1. The summed E-state index contributed by atoms with van der Waals surface area (Å²) in [6.45, 7) is 4.43. The third kappa shape index (κ3) is 5.16. The Labute approximate surface area is 168 Å². The Hall–Kier alpha value is -2.74. The molecule has 0 bridgehead atoms. The van der Waals surface area contributed by atoms with Crippen LogP contribution >= 0.6 is 11.8 Å². The molecule has 1 amide bonds. The Kier molecular flexibility index (Phi) is 6.76. The van der Waals surface area contributed by atoms with Gasteiger partial charge in [0.2, 0.25) is 5.91 Å². The summed E-state index contributed by atoms with van der Waals surface area (Å²) in [7, 11) is 1.87. The molecule has 148 valence electrons. The highest BCUT2D eigenvalue weighted by molar-refractivity contribution is 7.99. The molecule has 3 aromatic rings. The lowest BCUT2D eigenvalue weighted by Gasteiger charge is -2.14. The maximum atomic E-state index is 12.0. The SMILES string of the molecule is CCc1ccc(OC(C)c2nnc(SCC(=O)NCc3ccco3)n2C)cc1. The summed E-state index contributed by atoms with van der Waals surface area (Å²) < 4.78 is 13.0. The number of hydrogen-bond acceptors (Lipinski definition) is 6. The molecule has 2 aromatic heterocycles. The van der Waals surface area contributed by atoms with E-state index in [1.807, 2.05) is 36.7 Å². The van der Waals surface area contributed by atoms with Crippen LogP contribution < -0.4 is 10.1 Å². The van der Waals surface area contributed by atoms with Crippen molar-refractivity contribution in [1.29, 1.82) is 0 Å². The summed E-state index contributed by atoms with van der Waals surface area (Å²) >= 11 is 1.33. The summed E-state index contributed by atoms with van der Waals surface area (Å²) in [5, 5.41) is 11.9. The minimum absolute atomic E-state index is 0.0914. The second kappa shape index (κ2) is 9.45. The van der Waals surface area contributed by atoms with Crippen molar-refractivity contribution in [2.45, 2.75) is 38.1 Å². The highest BCUT2D eigenvalue weighted by Gasteiger charge is 2.18. The molecule has 0 saturated heterocycles. The standard InChI is InChI=1S/C20H24N4O3S/c1-4-15-7-9-16(10-8-15)27-14(2)19-22-23-20(24(19)3)28-13-18(25)21-12-17-6-5-11-26-17/h5-11,14H,4,12-13H2,1-3H3,(H,21,25). The summed E-state index contributed by atoms with van der Waals surface area (Å²) in [5.41, 5.74) is 1.27. The van der Waals surface area contributed by atoms with E-state index in [1.165, 1.54) is 17.3 Å². The van der Waals surface area contributed by atoms with Gasteiger partial charge in [0.25, 0.3) is 0 Å². The second-order valence-electron chi connectivity index (χ2n) is 6.30. The van der Waals surface area contributed by atoms with Crippen LogP contribution in [0.25, 0.3) is 0 Å². The molecule has 0 saturated carbocycles. The van der Waals surface area contributed by atoms with Crippen molar-refractivity contribution < 1.29 is 13.9 Å². The van der Waals surface area contributed by atoms with Gasteiger partial charge in [0.15, 0.2) is 17.1 Å². The number of hydrogen-bond donors (Lipinski definition) is 1. The van der Waals surface area contributed by atoms with Gasteiger partial charge in [-0.2, -0.15) is 0 Å². The number of furan rings is 1. The first kappa shape index (κ1) is 20.0. The molecule has 0 aliphatic heterocycles. The maximum Gasteiger partial charge on any atom is 0.230 e. The minimum Gasteiger partial charge on any atom is -0.483 e. The third-order valence-corrected chi connectivity index (χ3v) is 5.27. The number of nitrogens with zero attached hydrogens (tertiary/aromatic N) is 3. The average molecular weight is 401 g/mol. The van der Waals surface area contributed by atoms with Gasteiger partial charge in [0.05, 0.1) is 18.6 Å². The Morgan fingerprint density at radius 1 is 1.29 bits per heavy atom. The highest BCUT2D eigenvalue weighted by atomic mass is 32.2. The van der Waals surface area contributed by atoms with Crippen LogP contribution in [0.2, 0.25) is 0 Å². The van der Waals surface area contributed by atoms with E-state index in [0.717, 1.165) is 17.9 Å². The lowest BCUT2D eigenvalue weighted by Crippen LogP contribution is -2.24. The molecule has 1 aromatic carbocycles. The van der Waals surface area contributed by atoms with Crippen molar-refractivity contribution >= 4 is 17.7 Å². The van der Waals surface area contributed by atoms with Crippen molar-refractivity contribution in [3.8, 4) is 5.75 Å². The lowest BCUT2D eigenvalue weighted by atomic mass is 10.2. The average Bonchev–Trinajstić information content (AvgIpc) is 3.35. The van der Waals surface area contributed by atoms with Crippen LogP contribution in [0.15, 0.2) is 52.2 Å².